The van der Waals surface area contributed by atoms with Crippen molar-refractivity contribution in [3.05, 3.63) is 60.1 Å². The summed E-state index contributed by atoms with van der Waals surface area (Å²) in [7, 11) is 1.26. The molecule has 0 saturated heterocycles. The Morgan fingerprint density at radius 3 is 2.44 bits per heavy atom. The van der Waals surface area contributed by atoms with E-state index >= 15 is 0 Å². The maximum Gasteiger partial charge on any atom is 0.328 e. The van der Waals surface area contributed by atoms with Crippen molar-refractivity contribution in [3.8, 4) is 0 Å². The molecule has 7 nitrogen and oxygen atoms in total. The number of ether oxygens (including phenoxy) is 1. The van der Waals surface area contributed by atoms with Crippen LogP contribution in [0, 0.1) is 0 Å². The van der Waals surface area contributed by atoms with Crippen LogP contribution in [0.4, 0.5) is 0 Å². The van der Waals surface area contributed by atoms with Gasteiger partial charge in [-0.1, -0.05) is 30.3 Å². The minimum absolute atomic E-state index is 0.293. The molecular formula is C18H20N2O5. The van der Waals surface area contributed by atoms with Gasteiger partial charge in [-0.05, 0) is 18.6 Å². The first-order valence-electron chi connectivity index (χ1n) is 7.76. The minimum atomic E-state index is -0.840. The van der Waals surface area contributed by atoms with Gasteiger partial charge in [-0.2, -0.15) is 0 Å². The molecule has 2 atom stereocenters. The van der Waals surface area contributed by atoms with Gasteiger partial charge in [0.1, 0.15) is 18.3 Å². The van der Waals surface area contributed by atoms with Gasteiger partial charge in [-0.25, -0.2) is 4.79 Å². The summed E-state index contributed by atoms with van der Waals surface area (Å²) in [5.74, 6) is -1.47. The Kier molecular flexibility index (Phi) is 6.33. The summed E-state index contributed by atoms with van der Waals surface area (Å²) in [5, 5.41) is 5.16. The van der Waals surface area contributed by atoms with Crippen LogP contribution in [0.25, 0.3) is 0 Å². The summed E-state index contributed by atoms with van der Waals surface area (Å²) in [6.07, 6.45) is 2.95. The molecule has 132 valence electrons. The smallest absolute Gasteiger partial charge is 0.328 e. The summed E-state index contributed by atoms with van der Waals surface area (Å²) < 4.78 is 9.58. The number of hydrogen-bond donors (Lipinski definition) is 2. The van der Waals surface area contributed by atoms with Gasteiger partial charge in [0.2, 0.25) is 5.91 Å². The van der Waals surface area contributed by atoms with Crippen molar-refractivity contribution in [2.45, 2.75) is 25.4 Å². The van der Waals surface area contributed by atoms with Crippen LogP contribution in [0.1, 0.15) is 22.8 Å². The lowest BCUT2D eigenvalue weighted by Crippen LogP contribution is -2.51. The van der Waals surface area contributed by atoms with E-state index < -0.39 is 29.9 Å². The van der Waals surface area contributed by atoms with Crippen molar-refractivity contribution in [1.29, 1.82) is 0 Å². The maximum atomic E-state index is 12.3. The average molecular weight is 344 g/mol. The van der Waals surface area contributed by atoms with Crippen LogP contribution in [-0.4, -0.2) is 37.0 Å². The molecule has 25 heavy (non-hydrogen) atoms. The van der Waals surface area contributed by atoms with Crippen LogP contribution in [0.15, 0.2) is 53.3 Å². The Labute approximate surface area is 145 Å². The Morgan fingerprint density at radius 1 is 1.12 bits per heavy atom. The van der Waals surface area contributed by atoms with Gasteiger partial charge < -0.3 is 19.8 Å². The second-order valence-corrected chi connectivity index (χ2v) is 5.48. The number of hydrogen-bond acceptors (Lipinski definition) is 5. The van der Waals surface area contributed by atoms with Crippen LogP contribution in [0.5, 0.6) is 0 Å². The first kappa shape index (κ1) is 18.3. The molecule has 1 unspecified atom stereocenters. The lowest BCUT2D eigenvalue weighted by molar-refractivity contribution is -0.145. The lowest BCUT2D eigenvalue weighted by Gasteiger charge is -2.20. The molecule has 7 heteroatoms. The van der Waals surface area contributed by atoms with Crippen LogP contribution in [0.2, 0.25) is 0 Å². The number of carbonyl (C=O) groups is 3. The van der Waals surface area contributed by atoms with E-state index in [-0.39, 0.29) is 0 Å². The molecule has 1 heterocycles. The molecule has 0 aliphatic heterocycles. The molecule has 2 amide bonds. The highest BCUT2D eigenvalue weighted by molar-refractivity contribution is 5.97. The monoisotopic (exact) mass is 344 g/mol. The van der Waals surface area contributed by atoms with Gasteiger partial charge >= 0.3 is 5.97 Å². The van der Waals surface area contributed by atoms with Crippen molar-refractivity contribution in [3.63, 3.8) is 0 Å². The summed E-state index contributed by atoms with van der Waals surface area (Å²) in [6.45, 7) is 1.53. The molecule has 0 fully saturated rings. The molecule has 2 N–H and O–H groups in total. The number of rotatable bonds is 7. The van der Waals surface area contributed by atoms with E-state index in [0.717, 1.165) is 5.56 Å². The SMILES string of the molecule is COC(=O)[C@H](Cc1ccccc1)NC(=O)C(C)NC(=O)c1ccoc1. The molecule has 0 aliphatic carbocycles. The number of nitrogens with one attached hydrogen (secondary N) is 2. The van der Waals surface area contributed by atoms with E-state index in [1.165, 1.54) is 32.6 Å². The summed E-state index contributed by atoms with van der Waals surface area (Å²) >= 11 is 0. The standard InChI is InChI=1S/C18H20N2O5/c1-12(19-17(22)14-8-9-25-11-14)16(21)20-15(18(23)24-2)10-13-6-4-3-5-7-13/h3-9,11-12,15H,10H2,1-2H3,(H,19,22)(H,20,21)/t12?,15-/m0/s1. The van der Waals surface area contributed by atoms with Crippen LogP contribution in [-0.2, 0) is 20.7 Å². The van der Waals surface area contributed by atoms with E-state index in [1.807, 2.05) is 30.3 Å². The van der Waals surface area contributed by atoms with Crippen LogP contribution >= 0.6 is 0 Å². The van der Waals surface area contributed by atoms with Gasteiger partial charge in [0, 0.05) is 6.42 Å². The van der Waals surface area contributed by atoms with E-state index in [4.69, 9.17) is 9.15 Å². The Morgan fingerprint density at radius 2 is 1.84 bits per heavy atom. The van der Waals surface area contributed by atoms with Gasteiger partial charge in [0.15, 0.2) is 0 Å². The Bertz CT molecular complexity index is 712. The van der Waals surface area contributed by atoms with Crippen molar-refractivity contribution < 1.29 is 23.5 Å². The number of carbonyl (C=O) groups excluding carboxylic acids is 3. The van der Waals surface area contributed by atoms with Gasteiger partial charge in [-0.15, -0.1) is 0 Å². The molecule has 0 saturated carbocycles. The second kappa shape index (κ2) is 8.68. The third-order valence-corrected chi connectivity index (χ3v) is 3.61. The normalized spacial score (nSPS) is 12.7. The van der Waals surface area contributed by atoms with E-state index in [9.17, 15) is 14.4 Å². The first-order valence-corrected chi connectivity index (χ1v) is 7.76. The summed E-state index contributed by atoms with van der Waals surface area (Å²) in [4.78, 5) is 36.2. The fourth-order valence-electron chi connectivity index (χ4n) is 2.22. The fraction of sp³-hybridized carbons (Fsp3) is 0.278. The quantitative estimate of drug-likeness (QED) is 0.738. The zero-order chi connectivity index (χ0) is 18.2. The lowest BCUT2D eigenvalue weighted by atomic mass is 10.1. The third kappa shape index (κ3) is 5.20. The molecule has 0 spiro atoms. The topological polar surface area (TPSA) is 97.6 Å². The number of furan rings is 1. The first-order chi connectivity index (χ1) is 12.0. The number of benzene rings is 1. The highest BCUT2D eigenvalue weighted by Gasteiger charge is 2.25. The molecule has 1 aromatic heterocycles. The predicted octanol–water partition coefficient (Wildman–Crippen LogP) is 1.30. The van der Waals surface area contributed by atoms with Crippen LogP contribution in [0.3, 0.4) is 0 Å². The van der Waals surface area contributed by atoms with Crippen molar-refractivity contribution in [2.75, 3.05) is 7.11 Å². The molecule has 2 aromatic rings. The number of methoxy groups -OCH3 is 1. The van der Waals surface area contributed by atoms with E-state index in [1.54, 1.807) is 0 Å². The Balaban J connectivity index is 1.98. The van der Waals surface area contributed by atoms with Crippen molar-refractivity contribution in [2.24, 2.45) is 0 Å². The highest BCUT2D eigenvalue weighted by Crippen LogP contribution is 2.05. The Hall–Kier alpha value is -3.09. The summed E-state index contributed by atoms with van der Waals surface area (Å²) in [6, 6.07) is 9.09. The largest absolute Gasteiger partial charge is 0.472 e. The van der Waals surface area contributed by atoms with Gasteiger partial charge in [0.25, 0.3) is 5.91 Å². The molecule has 0 radical (unpaired) electrons. The molecule has 2 rings (SSSR count). The van der Waals surface area contributed by atoms with Crippen molar-refractivity contribution in [1.82, 2.24) is 10.6 Å². The van der Waals surface area contributed by atoms with Gasteiger partial charge in [0.05, 0.1) is 18.9 Å². The van der Waals surface area contributed by atoms with Crippen molar-refractivity contribution >= 4 is 17.8 Å². The molecular weight excluding hydrogens is 324 g/mol. The van der Waals surface area contributed by atoms with E-state index in [2.05, 4.69) is 10.6 Å². The molecule has 0 bridgehead atoms. The molecule has 1 aromatic carbocycles. The second-order valence-electron chi connectivity index (χ2n) is 5.48. The predicted molar refractivity (Wildman–Crippen MR) is 89.7 cm³/mol. The zero-order valence-corrected chi connectivity index (χ0v) is 14.0. The third-order valence-electron chi connectivity index (χ3n) is 3.61. The fourth-order valence-corrected chi connectivity index (χ4v) is 2.22. The van der Waals surface area contributed by atoms with E-state index in [0.29, 0.717) is 12.0 Å². The van der Waals surface area contributed by atoms with Gasteiger partial charge in [-0.3, -0.25) is 9.59 Å². The zero-order valence-electron chi connectivity index (χ0n) is 14.0. The average Bonchev–Trinajstić information content (AvgIpc) is 3.16. The maximum absolute atomic E-state index is 12.3. The number of amides is 2. The molecule has 0 aliphatic rings. The summed E-state index contributed by atoms with van der Waals surface area (Å²) in [5.41, 5.74) is 1.20. The highest BCUT2D eigenvalue weighted by atomic mass is 16.5. The van der Waals surface area contributed by atoms with Crippen LogP contribution < -0.4 is 10.6 Å². The number of esters is 1. The minimum Gasteiger partial charge on any atom is -0.472 e.